The molecule has 0 saturated carbocycles. The fourth-order valence-corrected chi connectivity index (χ4v) is 3.43. The molecule has 0 unspecified atom stereocenters. The number of benzene rings is 2. The van der Waals surface area contributed by atoms with Gasteiger partial charge in [0.2, 0.25) is 0 Å². The summed E-state index contributed by atoms with van der Waals surface area (Å²) in [6, 6.07) is 18.1. The second-order valence-corrected chi connectivity index (χ2v) is 6.73. The fraction of sp³-hybridized carbons (Fsp3) is 0.0455. The second kappa shape index (κ2) is 7.29. The van der Waals surface area contributed by atoms with Crippen LogP contribution in [0.25, 0.3) is 5.76 Å². The number of nitrogens with zero attached hydrogens (tertiary/aromatic N) is 2. The number of hydrogen-bond acceptors (Lipinski definition) is 4. The van der Waals surface area contributed by atoms with Gasteiger partial charge in [0.25, 0.3) is 11.7 Å². The number of aliphatic hydroxyl groups is 1. The third-order valence-corrected chi connectivity index (χ3v) is 4.85. The first-order valence-electron chi connectivity index (χ1n) is 8.60. The van der Waals surface area contributed by atoms with Gasteiger partial charge in [0.05, 0.1) is 23.5 Å². The molecule has 1 amide bonds. The van der Waals surface area contributed by atoms with Gasteiger partial charge < -0.3 is 5.11 Å². The summed E-state index contributed by atoms with van der Waals surface area (Å²) in [6.45, 7) is 0. The van der Waals surface area contributed by atoms with Gasteiger partial charge in [0.1, 0.15) is 5.76 Å². The summed E-state index contributed by atoms with van der Waals surface area (Å²) in [7, 11) is 0. The number of carbonyl (C=O) groups is 2. The van der Waals surface area contributed by atoms with Crippen molar-refractivity contribution in [1.82, 2.24) is 4.98 Å². The van der Waals surface area contributed by atoms with Crippen LogP contribution in [-0.2, 0) is 9.59 Å². The van der Waals surface area contributed by atoms with Crippen LogP contribution in [0.4, 0.5) is 5.69 Å². The number of ketones is 1. The van der Waals surface area contributed by atoms with Crippen molar-refractivity contribution < 1.29 is 14.7 Å². The lowest BCUT2D eigenvalue weighted by Gasteiger charge is -2.25. The molecule has 3 aromatic rings. The van der Waals surface area contributed by atoms with Gasteiger partial charge in [-0.05, 0) is 29.8 Å². The predicted octanol–water partition coefficient (Wildman–Crippen LogP) is 4.36. The molecule has 5 nitrogen and oxygen atoms in total. The lowest BCUT2D eigenvalue weighted by atomic mass is 9.95. The second-order valence-electron chi connectivity index (χ2n) is 6.30. The molecule has 4 rings (SSSR count). The molecule has 1 aliphatic rings. The standard InChI is InChI=1S/C22H15ClN2O3/c23-16-10-8-14(9-11-16)19-18(20(26)15-5-2-1-3-6-15)21(27)22(28)25(19)17-7-4-12-24-13-17/h1-13,19,26H/t19-/m1/s1. The van der Waals surface area contributed by atoms with E-state index in [0.29, 0.717) is 21.8 Å². The maximum atomic E-state index is 12.9. The Bertz CT molecular complexity index is 1060. The summed E-state index contributed by atoms with van der Waals surface area (Å²) in [5.74, 6) is -1.68. The van der Waals surface area contributed by atoms with E-state index in [9.17, 15) is 14.7 Å². The fourth-order valence-electron chi connectivity index (χ4n) is 3.31. The highest BCUT2D eigenvalue weighted by atomic mass is 35.5. The number of aliphatic hydroxyl groups excluding tert-OH is 1. The van der Waals surface area contributed by atoms with Crippen molar-refractivity contribution in [1.29, 1.82) is 0 Å². The van der Waals surface area contributed by atoms with E-state index in [1.807, 2.05) is 6.07 Å². The SMILES string of the molecule is O=C1C(=O)N(c2cccnc2)[C@H](c2ccc(Cl)cc2)C1=C(O)c1ccccc1. The molecule has 6 heteroatoms. The van der Waals surface area contributed by atoms with Crippen molar-refractivity contribution in [2.24, 2.45) is 0 Å². The number of aromatic nitrogens is 1. The van der Waals surface area contributed by atoms with Crippen molar-refractivity contribution in [3.8, 4) is 0 Å². The first kappa shape index (κ1) is 17.9. The van der Waals surface area contributed by atoms with Gasteiger partial charge in [-0.1, -0.05) is 54.1 Å². The van der Waals surface area contributed by atoms with Gasteiger partial charge in [-0.3, -0.25) is 19.5 Å². The van der Waals surface area contributed by atoms with Crippen LogP contribution in [0, 0.1) is 0 Å². The quantitative estimate of drug-likeness (QED) is 0.410. The topological polar surface area (TPSA) is 70.5 Å². The minimum absolute atomic E-state index is 0.0300. The molecule has 1 atom stereocenters. The number of anilines is 1. The zero-order chi connectivity index (χ0) is 19.7. The van der Waals surface area contributed by atoms with Crippen molar-refractivity contribution in [2.45, 2.75) is 6.04 Å². The highest BCUT2D eigenvalue weighted by molar-refractivity contribution is 6.51. The molecule has 2 heterocycles. The molecule has 28 heavy (non-hydrogen) atoms. The summed E-state index contributed by atoms with van der Waals surface area (Å²) in [4.78, 5) is 31.2. The Balaban J connectivity index is 1.95. The van der Waals surface area contributed by atoms with E-state index in [4.69, 9.17) is 11.6 Å². The largest absolute Gasteiger partial charge is 0.507 e. The molecule has 0 aliphatic carbocycles. The van der Waals surface area contributed by atoms with E-state index < -0.39 is 17.7 Å². The number of carbonyl (C=O) groups excluding carboxylic acids is 2. The number of amides is 1. The third-order valence-electron chi connectivity index (χ3n) is 4.60. The zero-order valence-electron chi connectivity index (χ0n) is 14.6. The van der Waals surface area contributed by atoms with E-state index in [1.165, 1.54) is 11.1 Å². The van der Waals surface area contributed by atoms with Gasteiger partial charge in [-0.15, -0.1) is 0 Å². The lowest BCUT2D eigenvalue weighted by molar-refractivity contribution is -0.132. The average Bonchev–Trinajstić information content (AvgIpc) is 3.00. The predicted molar refractivity (Wildman–Crippen MR) is 107 cm³/mol. The molecule has 0 bridgehead atoms. The van der Waals surface area contributed by atoms with Crippen LogP contribution >= 0.6 is 11.6 Å². The lowest BCUT2D eigenvalue weighted by Crippen LogP contribution is -2.29. The van der Waals surface area contributed by atoms with Gasteiger partial charge in [0, 0.05) is 16.8 Å². The Morgan fingerprint density at radius 3 is 2.32 bits per heavy atom. The molecule has 2 aromatic carbocycles. The Labute approximate surface area is 166 Å². The smallest absolute Gasteiger partial charge is 0.300 e. The van der Waals surface area contributed by atoms with Crippen molar-refractivity contribution in [2.75, 3.05) is 4.90 Å². The molecule has 1 aliphatic heterocycles. The molecule has 1 N–H and O–H groups in total. The molecule has 138 valence electrons. The van der Waals surface area contributed by atoms with Gasteiger partial charge in [-0.2, -0.15) is 0 Å². The number of pyridine rings is 1. The Morgan fingerprint density at radius 2 is 1.68 bits per heavy atom. The van der Waals surface area contributed by atoms with Crippen LogP contribution in [0.5, 0.6) is 0 Å². The van der Waals surface area contributed by atoms with Crippen LogP contribution in [-0.4, -0.2) is 21.8 Å². The normalized spacial score (nSPS) is 18.5. The molecule has 1 fully saturated rings. The molecule has 1 saturated heterocycles. The molecule has 0 radical (unpaired) electrons. The summed E-state index contributed by atoms with van der Waals surface area (Å²) in [6.07, 6.45) is 3.10. The van der Waals surface area contributed by atoms with E-state index in [0.717, 1.165) is 0 Å². The van der Waals surface area contributed by atoms with E-state index in [-0.39, 0.29) is 11.3 Å². The molecule has 0 spiro atoms. The number of rotatable bonds is 3. The van der Waals surface area contributed by atoms with E-state index in [1.54, 1.807) is 66.9 Å². The van der Waals surface area contributed by atoms with Crippen LogP contribution in [0.15, 0.2) is 84.7 Å². The number of hydrogen-bond donors (Lipinski definition) is 1. The van der Waals surface area contributed by atoms with E-state index >= 15 is 0 Å². The minimum atomic E-state index is -0.790. The molecule has 1 aromatic heterocycles. The highest BCUT2D eigenvalue weighted by Gasteiger charge is 2.47. The van der Waals surface area contributed by atoms with Gasteiger partial charge >= 0.3 is 0 Å². The average molecular weight is 391 g/mol. The number of halogens is 1. The number of Topliss-reactive ketones (excluding diaryl/α,β-unsaturated/α-hetero) is 1. The van der Waals surface area contributed by atoms with Crippen molar-refractivity contribution >= 4 is 34.7 Å². The minimum Gasteiger partial charge on any atom is -0.507 e. The van der Waals surface area contributed by atoms with Crippen LogP contribution in [0.3, 0.4) is 0 Å². The van der Waals surface area contributed by atoms with Crippen LogP contribution in [0.2, 0.25) is 5.02 Å². The van der Waals surface area contributed by atoms with Gasteiger partial charge in [0.15, 0.2) is 0 Å². The monoisotopic (exact) mass is 390 g/mol. The Kier molecular flexibility index (Phi) is 4.67. The first-order chi connectivity index (χ1) is 13.6. The molecular formula is C22H15ClN2O3. The zero-order valence-corrected chi connectivity index (χ0v) is 15.4. The maximum Gasteiger partial charge on any atom is 0.300 e. The van der Waals surface area contributed by atoms with Crippen molar-refractivity contribution in [3.63, 3.8) is 0 Å². The van der Waals surface area contributed by atoms with Gasteiger partial charge in [-0.25, -0.2) is 0 Å². The highest BCUT2D eigenvalue weighted by Crippen LogP contribution is 2.42. The van der Waals surface area contributed by atoms with Crippen LogP contribution in [0.1, 0.15) is 17.2 Å². The Morgan fingerprint density at radius 1 is 0.964 bits per heavy atom. The van der Waals surface area contributed by atoms with E-state index in [2.05, 4.69) is 4.98 Å². The summed E-state index contributed by atoms with van der Waals surface area (Å²) in [5, 5.41) is 11.4. The Hall–Kier alpha value is -3.44. The first-order valence-corrected chi connectivity index (χ1v) is 8.97. The molecular weight excluding hydrogens is 376 g/mol. The summed E-state index contributed by atoms with van der Waals surface area (Å²) < 4.78 is 0. The summed E-state index contributed by atoms with van der Waals surface area (Å²) in [5.41, 5.74) is 1.62. The van der Waals surface area contributed by atoms with Crippen LogP contribution < -0.4 is 4.90 Å². The maximum absolute atomic E-state index is 12.9. The third kappa shape index (κ3) is 3.06. The summed E-state index contributed by atoms with van der Waals surface area (Å²) >= 11 is 6.01. The van der Waals surface area contributed by atoms with Crippen molar-refractivity contribution in [3.05, 3.63) is 101 Å².